The predicted molar refractivity (Wildman–Crippen MR) is 81.1 cm³/mol. The van der Waals surface area contributed by atoms with Crippen molar-refractivity contribution in [3.8, 4) is 0 Å². The van der Waals surface area contributed by atoms with Gasteiger partial charge in [0.05, 0.1) is 12.2 Å². The number of ether oxygens (including phenoxy) is 1. The highest BCUT2D eigenvalue weighted by Crippen LogP contribution is 2.20. The molecule has 116 valence electrons. The van der Waals surface area contributed by atoms with Crippen molar-refractivity contribution >= 4 is 12.0 Å². The second-order valence-electron chi connectivity index (χ2n) is 6.62. The fourth-order valence-electron chi connectivity index (χ4n) is 2.11. The molecule has 2 rings (SSSR count). The van der Waals surface area contributed by atoms with E-state index in [9.17, 15) is 4.79 Å². The van der Waals surface area contributed by atoms with Crippen LogP contribution in [0.2, 0.25) is 0 Å². The van der Waals surface area contributed by atoms with Crippen LogP contribution in [0.3, 0.4) is 0 Å². The van der Waals surface area contributed by atoms with E-state index in [-0.39, 0.29) is 12.1 Å². The molecule has 1 aromatic rings. The van der Waals surface area contributed by atoms with Crippen molar-refractivity contribution in [3.63, 3.8) is 0 Å². The number of rotatable bonds is 2. The lowest BCUT2D eigenvalue weighted by Gasteiger charge is -2.30. The molecule has 2 heterocycles. The summed E-state index contributed by atoms with van der Waals surface area (Å²) in [4.78, 5) is 22.6. The molecule has 0 saturated carbocycles. The van der Waals surface area contributed by atoms with E-state index in [2.05, 4.69) is 15.3 Å². The summed E-state index contributed by atoms with van der Waals surface area (Å²) in [5.41, 5.74) is 1.52. The quantitative estimate of drug-likeness (QED) is 0.907. The molecule has 0 unspecified atom stereocenters. The van der Waals surface area contributed by atoms with Crippen LogP contribution in [0.1, 0.15) is 45.9 Å². The van der Waals surface area contributed by atoms with Crippen LogP contribution in [-0.4, -0.2) is 39.1 Å². The van der Waals surface area contributed by atoms with Gasteiger partial charge in [0, 0.05) is 18.8 Å². The van der Waals surface area contributed by atoms with Gasteiger partial charge < -0.3 is 15.0 Å². The van der Waals surface area contributed by atoms with Crippen LogP contribution in [0.15, 0.2) is 6.20 Å². The Balaban J connectivity index is 2.09. The number of hydrogen-bond donors (Lipinski definition) is 1. The van der Waals surface area contributed by atoms with Gasteiger partial charge in [-0.15, -0.1) is 0 Å². The Kier molecular flexibility index (Phi) is 4.34. The van der Waals surface area contributed by atoms with Gasteiger partial charge >= 0.3 is 6.09 Å². The lowest BCUT2D eigenvalue weighted by atomic mass is 10.1. The fourth-order valence-corrected chi connectivity index (χ4v) is 2.11. The summed E-state index contributed by atoms with van der Waals surface area (Å²) in [6, 6.07) is 0.272. The third-order valence-electron chi connectivity index (χ3n) is 3.02. The topological polar surface area (TPSA) is 67.4 Å². The maximum Gasteiger partial charge on any atom is 0.410 e. The van der Waals surface area contributed by atoms with E-state index in [4.69, 9.17) is 4.74 Å². The Morgan fingerprint density at radius 1 is 1.43 bits per heavy atom. The second kappa shape index (κ2) is 5.87. The lowest BCUT2D eigenvalue weighted by Crippen LogP contribution is -2.40. The Morgan fingerprint density at radius 2 is 2.14 bits per heavy atom. The minimum atomic E-state index is -0.479. The van der Waals surface area contributed by atoms with Crippen molar-refractivity contribution in [3.05, 3.63) is 17.5 Å². The SMILES string of the molecule is CC(C)Nc1ncc2c(n1)CN(C(=O)OC(C)(C)C)CC2. The normalized spacial score (nSPS) is 14.9. The van der Waals surface area contributed by atoms with Gasteiger partial charge in [0.1, 0.15) is 5.60 Å². The minimum absolute atomic E-state index is 0.272. The number of amides is 1. The van der Waals surface area contributed by atoms with Crippen LogP contribution >= 0.6 is 0 Å². The summed E-state index contributed by atoms with van der Waals surface area (Å²) in [6.45, 7) is 10.8. The van der Waals surface area contributed by atoms with E-state index in [0.717, 1.165) is 17.7 Å². The fraction of sp³-hybridized carbons (Fsp3) is 0.667. The van der Waals surface area contributed by atoms with Gasteiger partial charge in [0.15, 0.2) is 0 Å². The zero-order valence-corrected chi connectivity index (χ0v) is 13.4. The number of nitrogens with zero attached hydrogens (tertiary/aromatic N) is 3. The first kappa shape index (κ1) is 15.5. The zero-order valence-electron chi connectivity index (χ0n) is 13.4. The number of aromatic nitrogens is 2. The first-order chi connectivity index (χ1) is 9.74. The second-order valence-corrected chi connectivity index (χ2v) is 6.62. The molecule has 0 aliphatic carbocycles. The van der Waals surface area contributed by atoms with Crippen molar-refractivity contribution in [1.29, 1.82) is 0 Å². The molecule has 0 spiro atoms. The summed E-state index contributed by atoms with van der Waals surface area (Å²) in [7, 11) is 0. The third kappa shape index (κ3) is 4.31. The van der Waals surface area contributed by atoms with Crippen molar-refractivity contribution in [2.75, 3.05) is 11.9 Å². The molecular weight excluding hydrogens is 268 g/mol. The Morgan fingerprint density at radius 3 is 2.76 bits per heavy atom. The maximum absolute atomic E-state index is 12.1. The van der Waals surface area contributed by atoms with Crippen molar-refractivity contribution in [2.24, 2.45) is 0 Å². The molecule has 0 atom stereocenters. The molecule has 1 aliphatic heterocycles. The van der Waals surface area contributed by atoms with Crippen LogP contribution in [-0.2, 0) is 17.7 Å². The number of carbonyl (C=O) groups excluding carboxylic acids is 1. The molecular formula is C15H24N4O2. The van der Waals surface area contributed by atoms with Gasteiger partial charge in [0.25, 0.3) is 0 Å². The molecule has 1 aliphatic rings. The monoisotopic (exact) mass is 292 g/mol. The summed E-state index contributed by atoms with van der Waals surface area (Å²) >= 11 is 0. The van der Waals surface area contributed by atoms with E-state index in [1.165, 1.54) is 0 Å². The lowest BCUT2D eigenvalue weighted by molar-refractivity contribution is 0.0220. The molecule has 6 heteroatoms. The third-order valence-corrected chi connectivity index (χ3v) is 3.02. The molecule has 21 heavy (non-hydrogen) atoms. The number of carbonyl (C=O) groups is 1. The highest BCUT2D eigenvalue weighted by Gasteiger charge is 2.26. The minimum Gasteiger partial charge on any atom is -0.444 e. The van der Waals surface area contributed by atoms with Crippen LogP contribution in [0, 0.1) is 0 Å². The van der Waals surface area contributed by atoms with Gasteiger partial charge in [0.2, 0.25) is 5.95 Å². The van der Waals surface area contributed by atoms with E-state index in [1.807, 2.05) is 40.8 Å². The first-order valence-electron chi connectivity index (χ1n) is 7.34. The van der Waals surface area contributed by atoms with Crippen molar-refractivity contribution in [2.45, 2.75) is 59.2 Å². The van der Waals surface area contributed by atoms with Crippen LogP contribution in [0.4, 0.5) is 10.7 Å². The van der Waals surface area contributed by atoms with E-state index < -0.39 is 5.60 Å². The van der Waals surface area contributed by atoms with Gasteiger partial charge in [-0.1, -0.05) is 0 Å². The molecule has 0 bridgehead atoms. The molecule has 0 aromatic carbocycles. The van der Waals surface area contributed by atoms with E-state index in [1.54, 1.807) is 4.90 Å². The average Bonchev–Trinajstić information content (AvgIpc) is 2.35. The molecule has 0 fully saturated rings. The number of fused-ring (bicyclic) bond motifs is 1. The Hall–Kier alpha value is -1.85. The number of hydrogen-bond acceptors (Lipinski definition) is 5. The zero-order chi connectivity index (χ0) is 15.6. The summed E-state index contributed by atoms with van der Waals surface area (Å²) in [5, 5.41) is 3.18. The van der Waals surface area contributed by atoms with Gasteiger partial charge in [-0.05, 0) is 46.6 Å². The molecule has 1 N–H and O–H groups in total. The van der Waals surface area contributed by atoms with E-state index >= 15 is 0 Å². The number of nitrogens with one attached hydrogen (secondary N) is 1. The molecule has 1 amide bonds. The van der Waals surface area contributed by atoms with Crippen LogP contribution in [0.5, 0.6) is 0 Å². The largest absolute Gasteiger partial charge is 0.444 e. The van der Waals surface area contributed by atoms with E-state index in [0.29, 0.717) is 19.0 Å². The van der Waals surface area contributed by atoms with Gasteiger partial charge in [-0.2, -0.15) is 0 Å². The first-order valence-corrected chi connectivity index (χ1v) is 7.34. The van der Waals surface area contributed by atoms with Crippen LogP contribution in [0.25, 0.3) is 0 Å². The summed E-state index contributed by atoms with van der Waals surface area (Å²) in [6.07, 6.45) is 2.32. The Bertz CT molecular complexity index is 523. The standard InChI is InChI=1S/C15H24N4O2/c1-10(2)17-13-16-8-11-6-7-19(9-12(11)18-13)14(20)21-15(3,4)5/h8,10H,6-7,9H2,1-5H3,(H,16,17,18). The molecule has 6 nitrogen and oxygen atoms in total. The summed E-state index contributed by atoms with van der Waals surface area (Å²) in [5.74, 6) is 0.606. The smallest absolute Gasteiger partial charge is 0.410 e. The Labute approximate surface area is 125 Å². The maximum atomic E-state index is 12.1. The van der Waals surface area contributed by atoms with Gasteiger partial charge in [-0.25, -0.2) is 14.8 Å². The van der Waals surface area contributed by atoms with Crippen molar-refractivity contribution < 1.29 is 9.53 Å². The number of anilines is 1. The van der Waals surface area contributed by atoms with Crippen molar-refractivity contribution in [1.82, 2.24) is 14.9 Å². The van der Waals surface area contributed by atoms with Crippen LogP contribution < -0.4 is 5.32 Å². The molecule has 0 radical (unpaired) electrons. The highest BCUT2D eigenvalue weighted by molar-refractivity contribution is 5.68. The molecule has 1 aromatic heterocycles. The highest BCUT2D eigenvalue weighted by atomic mass is 16.6. The average molecular weight is 292 g/mol. The van der Waals surface area contributed by atoms with Gasteiger partial charge in [-0.3, -0.25) is 0 Å². The predicted octanol–water partition coefficient (Wildman–Crippen LogP) is 2.59. The molecule has 0 saturated heterocycles. The summed E-state index contributed by atoms with van der Waals surface area (Å²) < 4.78 is 5.41.